The van der Waals surface area contributed by atoms with Crippen LogP contribution in [-0.4, -0.2) is 11.5 Å². The number of hydrogen-bond donors (Lipinski definition) is 1. The molecule has 0 bridgehead atoms. The molecular formula is C14H16Br2N2S. The van der Waals surface area contributed by atoms with Gasteiger partial charge in [0.2, 0.25) is 0 Å². The highest BCUT2D eigenvalue weighted by molar-refractivity contribution is 9.11. The number of nitrogens with zero attached hydrogens (tertiary/aromatic N) is 1. The molecule has 2 aromatic rings. The maximum Gasteiger partial charge on any atom is 0.0897 e. The zero-order valence-electron chi connectivity index (χ0n) is 10.9. The molecule has 1 N–H and O–H groups in total. The molecule has 0 aliphatic rings. The van der Waals surface area contributed by atoms with Crippen molar-refractivity contribution in [1.82, 2.24) is 10.3 Å². The third kappa shape index (κ3) is 4.12. The molecule has 0 radical (unpaired) electrons. The molecule has 2 rings (SSSR count). The number of halogens is 2. The number of benzene rings is 1. The Labute approximate surface area is 134 Å². The van der Waals surface area contributed by atoms with Crippen LogP contribution in [0.4, 0.5) is 0 Å². The molecular weight excluding hydrogens is 388 g/mol. The van der Waals surface area contributed by atoms with Gasteiger partial charge in [-0.3, -0.25) is 0 Å². The molecule has 0 aliphatic carbocycles. The van der Waals surface area contributed by atoms with Gasteiger partial charge in [0.25, 0.3) is 0 Å². The fourth-order valence-electron chi connectivity index (χ4n) is 2.03. The van der Waals surface area contributed by atoms with Gasteiger partial charge in [0.15, 0.2) is 0 Å². The molecule has 2 nitrogen and oxygen atoms in total. The van der Waals surface area contributed by atoms with Crippen molar-refractivity contribution in [3.8, 4) is 0 Å². The van der Waals surface area contributed by atoms with Gasteiger partial charge >= 0.3 is 0 Å². The molecule has 1 aromatic heterocycles. The van der Waals surface area contributed by atoms with Crippen LogP contribution in [0.5, 0.6) is 0 Å². The van der Waals surface area contributed by atoms with Crippen LogP contribution in [-0.2, 0) is 6.42 Å². The average Bonchev–Trinajstić information content (AvgIpc) is 2.77. The standard InChI is InChI=1S/C14H16Br2N2S/c1-3-17-14(7-11-8-19-9(2)18-11)12-6-10(15)4-5-13(12)16/h4-6,8,14,17H,3,7H2,1-2H3. The van der Waals surface area contributed by atoms with Crippen LogP contribution >= 0.6 is 43.2 Å². The molecule has 0 aliphatic heterocycles. The summed E-state index contributed by atoms with van der Waals surface area (Å²) in [5, 5.41) is 6.81. The topological polar surface area (TPSA) is 24.9 Å². The lowest BCUT2D eigenvalue weighted by Crippen LogP contribution is -2.23. The third-order valence-electron chi connectivity index (χ3n) is 2.86. The number of hydrogen-bond acceptors (Lipinski definition) is 3. The van der Waals surface area contributed by atoms with Gasteiger partial charge in [-0.25, -0.2) is 4.98 Å². The van der Waals surface area contributed by atoms with E-state index in [1.165, 1.54) is 5.56 Å². The molecule has 0 saturated carbocycles. The maximum absolute atomic E-state index is 4.56. The molecule has 5 heteroatoms. The lowest BCUT2D eigenvalue weighted by Gasteiger charge is -2.19. The highest BCUT2D eigenvalue weighted by Gasteiger charge is 2.16. The lowest BCUT2D eigenvalue weighted by molar-refractivity contribution is 0.543. The molecule has 1 heterocycles. The molecule has 1 aromatic carbocycles. The fourth-order valence-corrected chi connectivity index (χ4v) is 3.56. The first-order valence-corrected chi connectivity index (χ1v) is 8.66. The quantitative estimate of drug-likeness (QED) is 0.770. The van der Waals surface area contributed by atoms with Crippen molar-refractivity contribution in [3.63, 3.8) is 0 Å². The molecule has 19 heavy (non-hydrogen) atoms. The van der Waals surface area contributed by atoms with E-state index in [-0.39, 0.29) is 6.04 Å². The summed E-state index contributed by atoms with van der Waals surface area (Å²) in [6, 6.07) is 6.56. The van der Waals surface area contributed by atoms with Crippen LogP contribution in [0.2, 0.25) is 0 Å². The smallest absolute Gasteiger partial charge is 0.0897 e. The Morgan fingerprint density at radius 1 is 1.37 bits per heavy atom. The molecule has 1 unspecified atom stereocenters. The van der Waals surface area contributed by atoms with Crippen LogP contribution in [0.1, 0.15) is 29.2 Å². The van der Waals surface area contributed by atoms with Crippen molar-refractivity contribution in [1.29, 1.82) is 0 Å². The van der Waals surface area contributed by atoms with Gasteiger partial charge in [0.05, 0.1) is 10.7 Å². The first-order valence-electron chi connectivity index (χ1n) is 6.19. The second-order valence-electron chi connectivity index (χ2n) is 4.34. The molecule has 0 amide bonds. The highest BCUT2D eigenvalue weighted by atomic mass is 79.9. The molecule has 1 atom stereocenters. The Balaban J connectivity index is 2.26. The summed E-state index contributed by atoms with van der Waals surface area (Å²) in [6.07, 6.45) is 0.910. The number of likely N-dealkylation sites (N-methyl/N-ethyl adjacent to an activating group) is 1. The Hall–Kier alpha value is -0.230. The average molecular weight is 404 g/mol. The first-order chi connectivity index (χ1) is 9.10. The summed E-state index contributed by atoms with van der Waals surface area (Å²) >= 11 is 8.89. The van der Waals surface area contributed by atoms with E-state index in [4.69, 9.17) is 0 Å². The van der Waals surface area contributed by atoms with E-state index in [0.717, 1.165) is 32.6 Å². The van der Waals surface area contributed by atoms with Gasteiger partial charge in [0.1, 0.15) is 0 Å². The fraction of sp³-hybridized carbons (Fsp3) is 0.357. The number of thiazole rings is 1. The predicted octanol–water partition coefficient (Wildman–Crippen LogP) is 4.87. The van der Waals surface area contributed by atoms with Crippen molar-refractivity contribution in [2.75, 3.05) is 6.54 Å². The van der Waals surface area contributed by atoms with E-state index in [2.05, 4.69) is 66.6 Å². The minimum Gasteiger partial charge on any atom is -0.310 e. The first kappa shape index (κ1) is 15.2. The lowest BCUT2D eigenvalue weighted by atomic mass is 10.0. The van der Waals surface area contributed by atoms with Gasteiger partial charge in [0, 0.05) is 26.8 Å². The number of rotatable bonds is 5. The van der Waals surface area contributed by atoms with E-state index in [9.17, 15) is 0 Å². The molecule has 0 spiro atoms. The summed E-state index contributed by atoms with van der Waals surface area (Å²) in [5.41, 5.74) is 2.42. The molecule has 102 valence electrons. The Morgan fingerprint density at radius 3 is 2.79 bits per heavy atom. The van der Waals surface area contributed by atoms with Gasteiger partial charge in [-0.15, -0.1) is 11.3 Å². The highest BCUT2D eigenvalue weighted by Crippen LogP contribution is 2.29. The monoisotopic (exact) mass is 402 g/mol. The number of aryl methyl sites for hydroxylation is 1. The van der Waals surface area contributed by atoms with E-state index in [1.807, 2.05) is 13.0 Å². The molecule has 0 saturated heterocycles. The van der Waals surface area contributed by atoms with E-state index >= 15 is 0 Å². The largest absolute Gasteiger partial charge is 0.310 e. The minimum absolute atomic E-state index is 0.276. The SMILES string of the molecule is CCNC(Cc1csc(C)n1)c1cc(Br)ccc1Br. The second kappa shape index (κ2) is 6.97. The van der Waals surface area contributed by atoms with Crippen LogP contribution in [0.25, 0.3) is 0 Å². The Bertz CT molecular complexity index is 554. The van der Waals surface area contributed by atoms with Gasteiger partial charge < -0.3 is 5.32 Å². The summed E-state index contributed by atoms with van der Waals surface area (Å²) in [6.45, 7) is 5.11. The maximum atomic E-state index is 4.56. The van der Waals surface area contributed by atoms with Crippen LogP contribution in [0.15, 0.2) is 32.5 Å². The van der Waals surface area contributed by atoms with Crippen LogP contribution < -0.4 is 5.32 Å². The normalized spacial score (nSPS) is 12.6. The number of nitrogens with one attached hydrogen (secondary N) is 1. The predicted molar refractivity (Wildman–Crippen MR) is 88.8 cm³/mol. The van der Waals surface area contributed by atoms with E-state index < -0.39 is 0 Å². The van der Waals surface area contributed by atoms with Crippen molar-refractivity contribution < 1.29 is 0 Å². The minimum atomic E-state index is 0.276. The summed E-state index contributed by atoms with van der Waals surface area (Å²) in [5.74, 6) is 0. The van der Waals surface area contributed by atoms with E-state index in [1.54, 1.807) is 11.3 Å². The zero-order valence-corrected chi connectivity index (χ0v) is 14.9. The van der Waals surface area contributed by atoms with Crippen molar-refractivity contribution in [3.05, 3.63) is 48.8 Å². The Kier molecular flexibility index (Phi) is 5.57. The van der Waals surface area contributed by atoms with E-state index in [0.29, 0.717) is 0 Å². The molecule has 0 fully saturated rings. The zero-order chi connectivity index (χ0) is 13.8. The van der Waals surface area contributed by atoms with Crippen molar-refractivity contribution in [2.24, 2.45) is 0 Å². The Morgan fingerprint density at radius 2 is 2.16 bits per heavy atom. The van der Waals surface area contributed by atoms with Gasteiger partial charge in [-0.1, -0.05) is 38.8 Å². The number of aromatic nitrogens is 1. The summed E-state index contributed by atoms with van der Waals surface area (Å²) in [4.78, 5) is 4.56. The van der Waals surface area contributed by atoms with Gasteiger partial charge in [-0.05, 0) is 37.2 Å². The van der Waals surface area contributed by atoms with Gasteiger partial charge in [-0.2, -0.15) is 0 Å². The van der Waals surface area contributed by atoms with Crippen LogP contribution in [0, 0.1) is 6.92 Å². The summed E-state index contributed by atoms with van der Waals surface area (Å²) in [7, 11) is 0. The third-order valence-corrected chi connectivity index (χ3v) is 4.90. The van der Waals surface area contributed by atoms with Crippen molar-refractivity contribution >= 4 is 43.2 Å². The van der Waals surface area contributed by atoms with Crippen LogP contribution in [0.3, 0.4) is 0 Å². The van der Waals surface area contributed by atoms with Crippen molar-refractivity contribution in [2.45, 2.75) is 26.3 Å². The summed E-state index contributed by atoms with van der Waals surface area (Å²) < 4.78 is 2.23. The second-order valence-corrected chi connectivity index (χ2v) is 7.17.